The highest BCUT2D eigenvalue weighted by atomic mass is 35.5. The number of benzene rings is 1. The van der Waals surface area contributed by atoms with Crippen LogP contribution in [0.2, 0.25) is 5.02 Å². The molecule has 13 heteroatoms. The Morgan fingerprint density at radius 3 is 2.28 bits per heavy atom. The van der Waals surface area contributed by atoms with Gasteiger partial charge in [-0.15, -0.1) is 20.2 Å². The van der Waals surface area contributed by atoms with Crippen LogP contribution in [0.15, 0.2) is 30.5 Å². The van der Waals surface area contributed by atoms with E-state index in [0.29, 0.717) is 5.02 Å². The summed E-state index contributed by atoms with van der Waals surface area (Å²) in [5, 5.41) is 49.9. The number of anilines is 1. The van der Waals surface area contributed by atoms with Crippen LogP contribution in [0, 0.1) is 20.2 Å². The van der Waals surface area contributed by atoms with E-state index < -0.39 is 16.3 Å². The number of hydrogen-bond donors (Lipinski definition) is 5. The topological polar surface area (TPSA) is 192 Å². The zero-order valence-electron chi connectivity index (χ0n) is 12.5. The fourth-order valence-electron chi connectivity index (χ4n) is 1.57. The Morgan fingerprint density at radius 2 is 1.76 bits per heavy atom. The fraction of sp³-hybridized carbons (Fsp3) is 0.250. The lowest BCUT2D eigenvalue weighted by Crippen LogP contribution is -2.23. The molecule has 0 aliphatic carbocycles. The largest absolute Gasteiger partial charge is 0.394 e. The minimum atomic E-state index is -1.50. The van der Waals surface area contributed by atoms with E-state index in [1.165, 1.54) is 0 Å². The Balaban J connectivity index is 0.000000609. The molecule has 138 valence electrons. The highest BCUT2D eigenvalue weighted by molar-refractivity contribution is 6.31. The highest BCUT2D eigenvalue weighted by Gasteiger charge is 2.05. The van der Waals surface area contributed by atoms with Crippen LogP contribution < -0.4 is 5.32 Å². The molecular formula is C12H15ClN4O8. The normalized spacial score (nSPS) is 10.5. The van der Waals surface area contributed by atoms with E-state index in [-0.39, 0.29) is 13.2 Å². The van der Waals surface area contributed by atoms with Crippen molar-refractivity contribution in [3.05, 3.63) is 55.7 Å². The number of aromatic nitrogens is 1. The lowest BCUT2D eigenvalue weighted by Gasteiger charge is -2.12. The van der Waals surface area contributed by atoms with Gasteiger partial charge >= 0.3 is 0 Å². The van der Waals surface area contributed by atoms with E-state index in [1.807, 2.05) is 12.1 Å². The molecule has 12 nitrogen and oxygen atoms in total. The molecule has 0 fully saturated rings. The standard InChI is InChI=1S/C12H13ClN2O2.2HNO3/c13-8-1-2-10-11(15-6-9(17)7-16)3-4-14-12(10)5-8;2*2-1(3)4/h1-5,9,16-17H,6-7H2,(H,14,15);2*(H,2,3,4). The van der Waals surface area contributed by atoms with Crippen LogP contribution in [0.25, 0.3) is 10.9 Å². The Hall–Kier alpha value is -2.96. The van der Waals surface area contributed by atoms with Crippen molar-refractivity contribution in [2.24, 2.45) is 0 Å². The first-order valence-corrected chi connectivity index (χ1v) is 6.78. The number of halogens is 1. The summed E-state index contributed by atoms with van der Waals surface area (Å²) in [6.07, 6.45) is 0.900. The van der Waals surface area contributed by atoms with Crippen LogP contribution in [0.4, 0.5) is 5.69 Å². The first kappa shape index (κ1) is 22.0. The summed E-state index contributed by atoms with van der Waals surface area (Å²) in [5.74, 6) is 0. The Labute approximate surface area is 145 Å². The summed E-state index contributed by atoms with van der Waals surface area (Å²) >= 11 is 5.89. The molecule has 1 aromatic heterocycles. The molecule has 0 aliphatic heterocycles. The summed E-state index contributed by atoms with van der Waals surface area (Å²) in [6.45, 7) is 0.0279. The van der Waals surface area contributed by atoms with Crippen molar-refractivity contribution >= 4 is 28.2 Å². The second-order valence-electron chi connectivity index (χ2n) is 4.21. The van der Waals surface area contributed by atoms with Gasteiger partial charge in [0.15, 0.2) is 0 Å². The third-order valence-corrected chi connectivity index (χ3v) is 2.68. The summed E-state index contributed by atoms with van der Waals surface area (Å²) < 4.78 is 0. The molecule has 1 atom stereocenters. The van der Waals surface area contributed by atoms with Gasteiger partial charge in [-0.1, -0.05) is 11.6 Å². The third kappa shape index (κ3) is 10.4. The SMILES string of the molecule is O=[N+]([O-])O.O=[N+]([O-])O.OCC(O)CNc1ccnc2cc(Cl)ccc12. The Bertz CT molecular complexity index is 682. The Kier molecular flexibility index (Phi) is 10.2. The number of pyridine rings is 1. The van der Waals surface area contributed by atoms with Gasteiger partial charge in [-0.05, 0) is 24.3 Å². The van der Waals surface area contributed by atoms with Crippen molar-refractivity contribution in [2.75, 3.05) is 18.5 Å². The monoisotopic (exact) mass is 378 g/mol. The van der Waals surface area contributed by atoms with Crippen LogP contribution in [-0.2, 0) is 0 Å². The minimum absolute atomic E-state index is 0.262. The predicted molar refractivity (Wildman–Crippen MR) is 85.9 cm³/mol. The molecular weight excluding hydrogens is 364 g/mol. The van der Waals surface area contributed by atoms with Crippen LogP contribution in [-0.4, -0.2) is 55.0 Å². The van der Waals surface area contributed by atoms with Crippen molar-refractivity contribution in [2.45, 2.75) is 6.10 Å². The molecule has 0 spiro atoms. The van der Waals surface area contributed by atoms with E-state index in [2.05, 4.69) is 10.3 Å². The van der Waals surface area contributed by atoms with Crippen LogP contribution in [0.1, 0.15) is 0 Å². The summed E-state index contributed by atoms with van der Waals surface area (Å²) in [7, 11) is 0. The number of hydrogen-bond acceptors (Lipinski definition) is 8. The first-order valence-electron chi connectivity index (χ1n) is 6.41. The average Bonchev–Trinajstić information content (AvgIpc) is 2.51. The molecule has 0 radical (unpaired) electrons. The van der Waals surface area contributed by atoms with E-state index >= 15 is 0 Å². The van der Waals surface area contributed by atoms with Crippen molar-refractivity contribution < 1.29 is 30.8 Å². The van der Waals surface area contributed by atoms with Crippen molar-refractivity contribution in [3.63, 3.8) is 0 Å². The van der Waals surface area contributed by atoms with Crippen molar-refractivity contribution in [1.82, 2.24) is 4.98 Å². The van der Waals surface area contributed by atoms with Gasteiger partial charge in [-0.2, -0.15) is 0 Å². The van der Waals surface area contributed by atoms with Crippen molar-refractivity contribution in [3.8, 4) is 0 Å². The number of nitrogens with one attached hydrogen (secondary N) is 1. The van der Waals surface area contributed by atoms with E-state index in [9.17, 15) is 5.11 Å². The number of aliphatic hydroxyl groups is 2. The smallest absolute Gasteiger partial charge is 0.291 e. The molecule has 5 N–H and O–H groups in total. The molecule has 2 aromatic rings. The van der Waals surface area contributed by atoms with Gasteiger partial charge in [0, 0.05) is 28.8 Å². The highest BCUT2D eigenvalue weighted by Crippen LogP contribution is 2.24. The Morgan fingerprint density at radius 1 is 1.20 bits per heavy atom. The first-order chi connectivity index (χ1) is 11.7. The van der Waals surface area contributed by atoms with Gasteiger partial charge in [-0.25, -0.2) is 0 Å². The second-order valence-corrected chi connectivity index (χ2v) is 4.65. The van der Waals surface area contributed by atoms with Gasteiger partial charge in [0.25, 0.3) is 10.2 Å². The number of fused-ring (bicyclic) bond motifs is 1. The number of rotatable bonds is 4. The number of nitrogens with zero attached hydrogens (tertiary/aromatic N) is 3. The molecule has 0 amide bonds. The zero-order chi connectivity index (χ0) is 19.4. The van der Waals surface area contributed by atoms with Crippen LogP contribution >= 0.6 is 11.6 Å². The van der Waals surface area contributed by atoms with Crippen molar-refractivity contribution in [1.29, 1.82) is 0 Å². The molecule has 25 heavy (non-hydrogen) atoms. The van der Waals surface area contributed by atoms with Crippen LogP contribution in [0.5, 0.6) is 0 Å². The molecule has 1 heterocycles. The second kappa shape index (κ2) is 11.6. The van der Waals surface area contributed by atoms with Gasteiger partial charge in [-0.3, -0.25) is 4.98 Å². The maximum Gasteiger partial charge on any atom is 0.291 e. The molecule has 0 bridgehead atoms. The maximum absolute atomic E-state index is 9.29. The summed E-state index contributed by atoms with van der Waals surface area (Å²) in [4.78, 5) is 20.9. The van der Waals surface area contributed by atoms with E-state index in [0.717, 1.165) is 16.6 Å². The van der Waals surface area contributed by atoms with Gasteiger partial charge in [0.1, 0.15) is 0 Å². The lowest BCUT2D eigenvalue weighted by atomic mass is 10.2. The summed E-state index contributed by atoms with van der Waals surface area (Å²) in [5.41, 5.74) is 1.65. The predicted octanol–water partition coefficient (Wildman–Crippen LogP) is 0.958. The maximum atomic E-state index is 9.29. The lowest BCUT2D eigenvalue weighted by molar-refractivity contribution is -0.742. The van der Waals surface area contributed by atoms with Gasteiger partial charge in [0.05, 0.1) is 18.2 Å². The molecule has 1 unspecified atom stereocenters. The van der Waals surface area contributed by atoms with E-state index in [1.54, 1.807) is 18.3 Å². The van der Waals surface area contributed by atoms with Gasteiger partial charge in [0.2, 0.25) is 0 Å². The molecule has 0 saturated heterocycles. The molecule has 0 saturated carbocycles. The molecule has 2 rings (SSSR count). The van der Waals surface area contributed by atoms with Crippen LogP contribution in [0.3, 0.4) is 0 Å². The average molecular weight is 379 g/mol. The quantitative estimate of drug-likeness (QED) is 0.377. The zero-order valence-corrected chi connectivity index (χ0v) is 13.3. The third-order valence-electron chi connectivity index (χ3n) is 2.44. The molecule has 1 aromatic carbocycles. The summed E-state index contributed by atoms with van der Waals surface area (Å²) in [6, 6.07) is 7.27. The number of aliphatic hydroxyl groups excluding tert-OH is 2. The minimum Gasteiger partial charge on any atom is -0.394 e. The fourth-order valence-corrected chi connectivity index (χ4v) is 1.73. The molecule has 0 aliphatic rings. The van der Waals surface area contributed by atoms with Gasteiger partial charge < -0.3 is 25.9 Å². The van der Waals surface area contributed by atoms with E-state index in [4.69, 9.17) is 47.4 Å².